The zero-order valence-corrected chi connectivity index (χ0v) is 23.4. The Morgan fingerprint density at radius 1 is 1.00 bits per heavy atom. The molecule has 2 saturated carbocycles. The van der Waals surface area contributed by atoms with Crippen LogP contribution in [0.2, 0.25) is 0 Å². The highest BCUT2D eigenvalue weighted by Gasteiger charge is 2.55. The molecule has 0 aromatic heterocycles. The molecular weight excluding hydrogens is 440 g/mol. The van der Waals surface area contributed by atoms with Gasteiger partial charge >= 0.3 is 5.97 Å². The van der Waals surface area contributed by atoms with Crippen LogP contribution in [0.15, 0.2) is 53.6 Å². The maximum Gasteiger partial charge on any atom is 0.338 e. The molecule has 0 aliphatic heterocycles. The summed E-state index contributed by atoms with van der Waals surface area (Å²) in [5, 5.41) is 0. The van der Waals surface area contributed by atoms with E-state index in [4.69, 9.17) is 4.74 Å². The molecule has 7 atom stereocenters. The number of rotatable bonds is 7. The first-order chi connectivity index (χ1) is 17.2. The molecule has 2 fully saturated rings. The van der Waals surface area contributed by atoms with E-state index < -0.39 is 0 Å². The third-order valence-electron chi connectivity index (χ3n) is 11.0. The molecule has 1 aromatic rings. The summed E-state index contributed by atoms with van der Waals surface area (Å²) in [5.41, 5.74) is 4.80. The first-order valence-corrected chi connectivity index (χ1v) is 14.9. The largest absolute Gasteiger partial charge is 0.459 e. The average Bonchev–Trinajstić information content (AvgIpc) is 3.22. The first kappa shape index (κ1) is 25.8. The van der Waals surface area contributed by atoms with E-state index in [0.29, 0.717) is 28.2 Å². The van der Waals surface area contributed by atoms with Gasteiger partial charge < -0.3 is 4.74 Å². The van der Waals surface area contributed by atoms with Gasteiger partial charge in [-0.3, -0.25) is 0 Å². The third kappa shape index (κ3) is 4.63. The Morgan fingerprint density at radius 3 is 2.53 bits per heavy atom. The van der Waals surface area contributed by atoms with E-state index in [-0.39, 0.29) is 12.1 Å². The Bertz CT molecular complexity index is 1000. The summed E-state index contributed by atoms with van der Waals surface area (Å²) in [7, 11) is 0. The van der Waals surface area contributed by atoms with Crippen LogP contribution in [0.1, 0.15) is 109 Å². The van der Waals surface area contributed by atoms with Gasteiger partial charge in [0.15, 0.2) is 0 Å². The van der Waals surface area contributed by atoms with E-state index in [0.717, 1.165) is 37.0 Å². The summed E-state index contributed by atoms with van der Waals surface area (Å²) in [5.74, 6) is 3.57. The number of carbonyl (C=O) groups is 1. The highest BCUT2D eigenvalue weighted by atomic mass is 16.5. The standard InChI is InChI=1S/C34H48O2/c1-23(2)10-9-11-24(3)29-16-17-30-28-15-14-26-22-27(36-32(35)25-12-7-6-8-13-25)18-20-33(26,4)31(28)19-21-34(29,30)5/h6-8,12-13,15,17,23-24,26-27,29,31H,9-11,14,16,18-22H2,1-5H3/t24-,26+,27+,29-,31+,33-,34-/m0/s1. The molecule has 4 aliphatic carbocycles. The van der Waals surface area contributed by atoms with Crippen LogP contribution >= 0.6 is 0 Å². The second-order valence-corrected chi connectivity index (χ2v) is 13.5. The summed E-state index contributed by atoms with van der Waals surface area (Å²) in [6.07, 6.45) is 17.7. The van der Waals surface area contributed by atoms with E-state index in [9.17, 15) is 4.79 Å². The van der Waals surface area contributed by atoms with Crippen molar-refractivity contribution in [2.75, 3.05) is 0 Å². The molecule has 5 rings (SSSR count). The van der Waals surface area contributed by atoms with Gasteiger partial charge in [0.1, 0.15) is 6.10 Å². The lowest BCUT2D eigenvalue weighted by atomic mass is 9.48. The van der Waals surface area contributed by atoms with Gasteiger partial charge in [-0.25, -0.2) is 4.79 Å². The summed E-state index contributed by atoms with van der Waals surface area (Å²) in [6.45, 7) is 12.4. The second kappa shape index (κ2) is 10.1. The maximum absolute atomic E-state index is 12.7. The van der Waals surface area contributed by atoms with Crippen molar-refractivity contribution in [2.24, 2.45) is 40.4 Å². The van der Waals surface area contributed by atoms with Crippen molar-refractivity contribution in [1.82, 2.24) is 0 Å². The van der Waals surface area contributed by atoms with E-state index in [2.05, 4.69) is 46.8 Å². The van der Waals surface area contributed by atoms with E-state index in [1.54, 1.807) is 11.1 Å². The fourth-order valence-corrected chi connectivity index (χ4v) is 8.71. The van der Waals surface area contributed by atoms with Crippen LogP contribution < -0.4 is 0 Å². The van der Waals surface area contributed by atoms with Gasteiger partial charge in [0.05, 0.1) is 5.56 Å². The summed E-state index contributed by atoms with van der Waals surface area (Å²) in [6, 6.07) is 9.48. The number of esters is 1. The Labute approximate surface area is 220 Å². The molecule has 0 heterocycles. The minimum Gasteiger partial charge on any atom is -0.459 e. The zero-order valence-electron chi connectivity index (χ0n) is 23.4. The van der Waals surface area contributed by atoms with Crippen LogP contribution in [-0.4, -0.2) is 12.1 Å². The minimum absolute atomic E-state index is 0.0568. The van der Waals surface area contributed by atoms with Gasteiger partial charge in [-0.2, -0.15) is 0 Å². The lowest BCUT2D eigenvalue weighted by molar-refractivity contribution is -0.0409. The van der Waals surface area contributed by atoms with Crippen LogP contribution in [-0.2, 0) is 4.74 Å². The van der Waals surface area contributed by atoms with Gasteiger partial charge in [0.2, 0.25) is 0 Å². The summed E-state index contributed by atoms with van der Waals surface area (Å²) in [4.78, 5) is 12.7. The topological polar surface area (TPSA) is 26.3 Å². The molecule has 4 aliphatic rings. The summed E-state index contributed by atoms with van der Waals surface area (Å²) >= 11 is 0. The molecule has 1 aromatic carbocycles. The Balaban J connectivity index is 1.26. The number of benzene rings is 1. The monoisotopic (exact) mass is 488 g/mol. The summed E-state index contributed by atoms with van der Waals surface area (Å²) < 4.78 is 6.01. The van der Waals surface area contributed by atoms with Crippen molar-refractivity contribution in [3.05, 3.63) is 59.2 Å². The van der Waals surface area contributed by atoms with E-state index in [1.165, 1.54) is 44.9 Å². The fourth-order valence-electron chi connectivity index (χ4n) is 8.71. The minimum atomic E-state index is -0.158. The second-order valence-electron chi connectivity index (χ2n) is 13.5. The highest BCUT2D eigenvalue weighted by molar-refractivity contribution is 5.89. The van der Waals surface area contributed by atoms with Crippen LogP contribution in [0, 0.1) is 40.4 Å². The number of carbonyl (C=O) groups excluding carboxylic acids is 1. The molecule has 0 saturated heterocycles. The van der Waals surface area contributed by atoms with Crippen molar-refractivity contribution in [3.63, 3.8) is 0 Å². The molecule has 0 N–H and O–H groups in total. The third-order valence-corrected chi connectivity index (χ3v) is 11.0. The molecule has 0 amide bonds. The van der Waals surface area contributed by atoms with Crippen LogP contribution in [0.5, 0.6) is 0 Å². The molecule has 36 heavy (non-hydrogen) atoms. The molecule has 0 radical (unpaired) electrons. The lowest BCUT2D eigenvalue weighted by Crippen LogP contribution is -2.48. The molecule has 0 unspecified atom stereocenters. The van der Waals surface area contributed by atoms with Crippen molar-refractivity contribution in [1.29, 1.82) is 0 Å². The van der Waals surface area contributed by atoms with Gasteiger partial charge in [0.25, 0.3) is 0 Å². The van der Waals surface area contributed by atoms with Crippen LogP contribution in [0.25, 0.3) is 0 Å². The van der Waals surface area contributed by atoms with Gasteiger partial charge in [0, 0.05) is 0 Å². The Kier molecular flexibility index (Phi) is 7.27. The number of hydrogen-bond donors (Lipinski definition) is 0. The van der Waals surface area contributed by atoms with Crippen molar-refractivity contribution in [3.8, 4) is 0 Å². The molecule has 0 bridgehead atoms. The predicted octanol–water partition coefficient (Wildman–Crippen LogP) is 9.17. The Morgan fingerprint density at radius 2 is 1.78 bits per heavy atom. The van der Waals surface area contributed by atoms with Crippen LogP contribution in [0.4, 0.5) is 0 Å². The SMILES string of the molecule is CC(C)CCC[C@H](C)[C@@H]1CC=C2C3=CC[C@@H]4C[C@H](OC(=O)c5ccccc5)CC[C@]4(C)[C@@H]3CC[C@]21C. The molecule has 196 valence electrons. The Hall–Kier alpha value is -1.83. The molecule has 0 spiro atoms. The zero-order chi connectivity index (χ0) is 25.5. The molecule has 2 nitrogen and oxygen atoms in total. The number of fused-ring (bicyclic) bond motifs is 5. The quantitative estimate of drug-likeness (QED) is 0.358. The van der Waals surface area contributed by atoms with Gasteiger partial charge in [-0.15, -0.1) is 0 Å². The van der Waals surface area contributed by atoms with Crippen molar-refractivity contribution >= 4 is 5.97 Å². The number of hydrogen-bond acceptors (Lipinski definition) is 2. The normalized spacial score (nSPS) is 36.3. The van der Waals surface area contributed by atoms with E-state index in [1.807, 2.05) is 30.3 Å². The highest BCUT2D eigenvalue weighted by Crippen LogP contribution is 2.65. The number of allylic oxidation sites excluding steroid dienone is 4. The van der Waals surface area contributed by atoms with Gasteiger partial charge in [-0.1, -0.05) is 84.2 Å². The maximum atomic E-state index is 12.7. The smallest absolute Gasteiger partial charge is 0.338 e. The number of ether oxygens (including phenoxy) is 1. The average molecular weight is 489 g/mol. The molecule has 2 heteroatoms. The lowest BCUT2D eigenvalue weighted by Gasteiger charge is -2.56. The predicted molar refractivity (Wildman–Crippen MR) is 149 cm³/mol. The fraction of sp³-hybridized carbons (Fsp3) is 0.676. The van der Waals surface area contributed by atoms with Crippen molar-refractivity contribution < 1.29 is 9.53 Å². The van der Waals surface area contributed by atoms with Crippen molar-refractivity contribution in [2.45, 2.75) is 105 Å². The first-order valence-electron chi connectivity index (χ1n) is 14.9. The van der Waals surface area contributed by atoms with E-state index >= 15 is 0 Å². The van der Waals surface area contributed by atoms with Gasteiger partial charge in [-0.05, 0) is 109 Å². The van der Waals surface area contributed by atoms with Crippen LogP contribution in [0.3, 0.4) is 0 Å². The molecular formula is C34H48O2.